The van der Waals surface area contributed by atoms with Crippen LogP contribution < -0.4 is 16.4 Å². The largest absolute Gasteiger partial charge is 0.398 e. The van der Waals surface area contributed by atoms with Crippen LogP contribution in [0.1, 0.15) is 27.7 Å². The van der Waals surface area contributed by atoms with E-state index in [2.05, 4.69) is 31.4 Å². The van der Waals surface area contributed by atoms with Crippen LogP contribution in [0.25, 0.3) is 0 Å². The Balaban J connectivity index is 2.63. The predicted octanol–water partition coefficient (Wildman–Crippen LogP) is 3.99. The van der Waals surface area contributed by atoms with E-state index in [1.807, 2.05) is 6.92 Å². The quantitative estimate of drug-likeness (QED) is 0.718. The number of urea groups is 1. The van der Waals surface area contributed by atoms with E-state index in [0.29, 0.717) is 16.4 Å². The Labute approximate surface area is 119 Å². The summed E-state index contributed by atoms with van der Waals surface area (Å²) in [5.41, 5.74) is 7.78. The van der Waals surface area contributed by atoms with Gasteiger partial charge in [-0.05, 0) is 30.5 Å². The average Bonchev–Trinajstić information content (AvgIpc) is 2.29. The van der Waals surface area contributed by atoms with Crippen molar-refractivity contribution in [1.82, 2.24) is 5.32 Å². The smallest absolute Gasteiger partial charge is 0.323 e. The molecule has 4 nitrogen and oxygen atoms in total. The number of amides is 2. The van der Waals surface area contributed by atoms with Gasteiger partial charge in [-0.3, -0.25) is 0 Å². The summed E-state index contributed by atoms with van der Waals surface area (Å²) in [6.07, 6.45) is 1.70. The third-order valence-corrected chi connectivity index (χ3v) is 3.19. The van der Waals surface area contributed by atoms with Gasteiger partial charge in [-0.25, -0.2) is 4.79 Å². The Hall–Kier alpha value is -1.68. The molecule has 0 heterocycles. The topological polar surface area (TPSA) is 67.2 Å². The molecule has 0 aromatic heterocycles. The van der Waals surface area contributed by atoms with Crippen molar-refractivity contribution in [3.05, 3.63) is 35.0 Å². The molecule has 0 unspecified atom stereocenters. The Morgan fingerprint density at radius 2 is 2.00 bits per heavy atom. The number of halogens is 1. The molecule has 0 aliphatic rings. The summed E-state index contributed by atoms with van der Waals surface area (Å²) in [7, 11) is 0. The Bertz CT molecular complexity index is 504. The molecule has 0 bridgehead atoms. The van der Waals surface area contributed by atoms with Crippen molar-refractivity contribution in [2.75, 3.05) is 11.1 Å². The van der Waals surface area contributed by atoms with E-state index in [0.717, 1.165) is 5.57 Å². The molecule has 5 heteroatoms. The van der Waals surface area contributed by atoms with Crippen molar-refractivity contribution < 1.29 is 4.79 Å². The highest BCUT2D eigenvalue weighted by molar-refractivity contribution is 6.33. The molecule has 0 saturated carbocycles. The molecule has 4 N–H and O–H groups in total. The number of allylic oxidation sites excluding steroid dienone is 1. The fourth-order valence-corrected chi connectivity index (χ4v) is 1.34. The highest BCUT2D eigenvalue weighted by Crippen LogP contribution is 2.24. The molecule has 0 aliphatic carbocycles. The van der Waals surface area contributed by atoms with E-state index < -0.39 is 0 Å². The van der Waals surface area contributed by atoms with Crippen LogP contribution in [0.2, 0.25) is 5.02 Å². The van der Waals surface area contributed by atoms with Crippen LogP contribution in [-0.4, -0.2) is 6.03 Å². The number of nitrogens with one attached hydrogen (secondary N) is 2. The number of hydrogen-bond acceptors (Lipinski definition) is 2. The molecule has 19 heavy (non-hydrogen) atoms. The summed E-state index contributed by atoms with van der Waals surface area (Å²) in [6, 6.07) is 4.64. The molecule has 0 saturated heterocycles. The van der Waals surface area contributed by atoms with Gasteiger partial charge in [0.15, 0.2) is 0 Å². The van der Waals surface area contributed by atoms with Crippen molar-refractivity contribution in [1.29, 1.82) is 0 Å². The molecule has 0 fully saturated rings. The molecule has 1 aromatic rings. The van der Waals surface area contributed by atoms with Crippen molar-refractivity contribution in [2.24, 2.45) is 5.41 Å². The highest BCUT2D eigenvalue weighted by Gasteiger charge is 2.12. The normalized spacial score (nSPS) is 12.2. The maximum absolute atomic E-state index is 11.7. The molecule has 0 spiro atoms. The second-order valence-corrected chi connectivity index (χ2v) is 5.82. The van der Waals surface area contributed by atoms with Crippen molar-refractivity contribution in [3.8, 4) is 0 Å². The third-order valence-electron chi connectivity index (χ3n) is 2.86. The molecule has 104 valence electrons. The minimum absolute atomic E-state index is 0.0256. The second kappa shape index (κ2) is 5.97. The van der Waals surface area contributed by atoms with E-state index in [4.69, 9.17) is 17.3 Å². The summed E-state index contributed by atoms with van der Waals surface area (Å²) in [4.78, 5) is 11.7. The maximum Gasteiger partial charge on any atom is 0.323 e. The van der Waals surface area contributed by atoms with Gasteiger partial charge in [0, 0.05) is 11.9 Å². The maximum atomic E-state index is 11.7. The molecular formula is C14H20ClN3O. The van der Waals surface area contributed by atoms with E-state index in [9.17, 15) is 4.79 Å². The summed E-state index contributed by atoms with van der Waals surface area (Å²) < 4.78 is 0. The lowest BCUT2D eigenvalue weighted by Crippen LogP contribution is -2.25. The van der Waals surface area contributed by atoms with E-state index in [-0.39, 0.29) is 11.4 Å². The Kier molecular flexibility index (Phi) is 4.84. The van der Waals surface area contributed by atoms with Gasteiger partial charge in [0.25, 0.3) is 0 Å². The zero-order valence-electron chi connectivity index (χ0n) is 11.7. The summed E-state index contributed by atoms with van der Waals surface area (Å²) in [5, 5.41) is 5.78. The molecular weight excluding hydrogens is 262 g/mol. The van der Waals surface area contributed by atoms with E-state index in [1.54, 1.807) is 24.4 Å². The SMILES string of the molecule is C/C(=C\NC(=O)Nc1ccc(N)c(Cl)c1)C(C)(C)C. The van der Waals surface area contributed by atoms with Crippen molar-refractivity contribution in [3.63, 3.8) is 0 Å². The van der Waals surface area contributed by atoms with Gasteiger partial charge in [0.1, 0.15) is 0 Å². The number of nitrogen functional groups attached to an aromatic ring is 1. The first-order valence-electron chi connectivity index (χ1n) is 6.00. The van der Waals surface area contributed by atoms with E-state index in [1.165, 1.54) is 0 Å². The number of rotatable bonds is 2. The first kappa shape index (κ1) is 15.4. The predicted molar refractivity (Wildman–Crippen MR) is 81.2 cm³/mol. The molecule has 1 aromatic carbocycles. The third kappa shape index (κ3) is 4.83. The number of nitrogens with two attached hydrogens (primary N) is 1. The van der Waals surface area contributed by atoms with Gasteiger partial charge in [0.05, 0.1) is 10.7 Å². The monoisotopic (exact) mass is 281 g/mol. The zero-order chi connectivity index (χ0) is 14.6. The Morgan fingerprint density at radius 1 is 1.37 bits per heavy atom. The molecule has 1 rings (SSSR count). The minimum Gasteiger partial charge on any atom is -0.398 e. The van der Waals surface area contributed by atoms with Crippen LogP contribution in [0.15, 0.2) is 30.0 Å². The van der Waals surface area contributed by atoms with Crippen LogP contribution in [0.3, 0.4) is 0 Å². The van der Waals surface area contributed by atoms with Crippen LogP contribution in [0, 0.1) is 5.41 Å². The lowest BCUT2D eigenvalue weighted by molar-refractivity contribution is 0.255. The van der Waals surface area contributed by atoms with Gasteiger partial charge < -0.3 is 16.4 Å². The van der Waals surface area contributed by atoms with Gasteiger partial charge in [-0.15, -0.1) is 0 Å². The molecule has 0 aliphatic heterocycles. The zero-order valence-corrected chi connectivity index (χ0v) is 12.4. The number of anilines is 2. The lowest BCUT2D eigenvalue weighted by atomic mass is 9.88. The van der Waals surface area contributed by atoms with Crippen LogP contribution in [-0.2, 0) is 0 Å². The summed E-state index contributed by atoms with van der Waals surface area (Å²) in [5.74, 6) is 0. The molecule has 0 atom stereocenters. The molecule has 2 amide bonds. The first-order valence-corrected chi connectivity index (χ1v) is 6.38. The minimum atomic E-state index is -0.315. The van der Waals surface area contributed by atoms with Crippen LogP contribution in [0.5, 0.6) is 0 Å². The van der Waals surface area contributed by atoms with Gasteiger partial charge in [-0.1, -0.05) is 37.9 Å². The van der Waals surface area contributed by atoms with Crippen LogP contribution in [0.4, 0.5) is 16.2 Å². The number of benzene rings is 1. The first-order chi connectivity index (χ1) is 8.70. The summed E-state index contributed by atoms with van der Waals surface area (Å²) >= 11 is 5.88. The fraction of sp³-hybridized carbons (Fsp3) is 0.357. The van der Waals surface area contributed by atoms with Gasteiger partial charge in [-0.2, -0.15) is 0 Å². The van der Waals surface area contributed by atoms with Crippen molar-refractivity contribution >= 4 is 29.0 Å². The number of carbonyl (C=O) groups excluding carboxylic acids is 1. The Morgan fingerprint density at radius 3 is 2.53 bits per heavy atom. The number of carbonyl (C=O) groups is 1. The second-order valence-electron chi connectivity index (χ2n) is 5.41. The highest BCUT2D eigenvalue weighted by atomic mass is 35.5. The molecule has 0 radical (unpaired) electrons. The van der Waals surface area contributed by atoms with Crippen LogP contribution >= 0.6 is 11.6 Å². The standard InChI is InChI=1S/C14H20ClN3O/c1-9(14(2,3)4)8-17-13(19)18-10-5-6-12(16)11(15)7-10/h5-8H,16H2,1-4H3,(H2,17,18,19)/b9-8+. The van der Waals surface area contributed by atoms with E-state index >= 15 is 0 Å². The number of hydrogen-bond donors (Lipinski definition) is 3. The fourth-order valence-electron chi connectivity index (χ4n) is 1.16. The van der Waals surface area contributed by atoms with Gasteiger partial charge >= 0.3 is 6.03 Å². The summed E-state index contributed by atoms with van der Waals surface area (Å²) in [6.45, 7) is 8.22. The lowest BCUT2D eigenvalue weighted by Gasteiger charge is -2.19. The van der Waals surface area contributed by atoms with Gasteiger partial charge in [0.2, 0.25) is 0 Å². The van der Waals surface area contributed by atoms with Crippen molar-refractivity contribution in [2.45, 2.75) is 27.7 Å². The average molecular weight is 282 g/mol.